The molecular formula is C15H15NO3S. The first-order valence-electron chi connectivity index (χ1n) is 6.25. The molecule has 2 rings (SSSR count). The van der Waals surface area contributed by atoms with Gasteiger partial charge in [-0.25, -0.2) is 0 Å². The maximum Gasteiger partial charge on any atom is 0.224 e. The second-order valence-corrected chi connectivity index (χ2v) is 5.25. The summed E-state index contributed by atoms with van der Waals surface area (Å²) in [7, 11) is 0. The number of hydrogen-bond acceptors (Lipinski definition) is 4. The van der Waals surface area contributed by atoms with Crippen LogP contribution >= 0.6 is 11.3 Å². The Labute approximate surface area is 121 Å². The van der Waals surface area contributed by atoms with Gasteiger partial charge in [-0.3, -0.25) is 9.59 Å². The first kappa shape index (κ1) is 14.4. The van der Waals surface area contributed by atoms with Gasteiger partial charge in [-0.15, -0.1) is 11.3 Å². The minimum atomic E-state index is -0.204. The van der Waals surface area contributed by atoms with Crippen molar-refractivity contribution in [2.75, 3.05) is 5.32 Å². The SMILES string of the molecule is O=C(CCC(=O)c1cccs1)Nc1cccc(CO)c1. The number of anilines is 1. The summed E-state index contributed by atoms with van der Waals surface area (Å²) in [6.07, 6.45) is 0.353. The zero-order valence-corrected chi connectivity index (χ0v) is 11.7. The van der Waals surface area contributed by atoms with Crippen molar-refractivity contribution in [3.05, 3.63) is 52.2 Å². The zero-order valence-electron chi connectivity index (χ0n) is 10.8. The molecular weight excluding hydrogens is 274 g/mol. The smallest absolute Gasteiger partial charge is 0.224 e. The van der Waals surface area contributed by atoms with Crippen LogP contribution in [0.4, 0.5) is 5.69 Å². The van der Waals surface area contributed by atoms with Gasteiger partial charge in [0.2, 0.25) is 5.91 Å². The summed E-state index contributed by atoms with van der Waals surface area (Å²) in [5.74, 6) is -0.218. The lowest BCUT2D eigenvalue weighted by atomic mass is 10.1. The van der Waals surface area contributed by atoms with E-state index in [-0.39, 0.29) is 31.1 Å². The summed E-state index contributed by atoms with van der Waals surface area (Å²) in [6.45, 7) is -0.0689. The van der Waals surface area contributed by atoms with Gasteiger partial charge in [0, 0.05) is 18.5 Å². The average molecular weight is 289 g/mol. The molecule has 1 aromatic heterocycles. The monoisotopic (exact) mass is 289 g/mol. The molecule has 0 radical (unpaired) electrons. The van der Waals surface area contributed by atoms with Crippen molar-refractivity contribution in [2.45, 2.75) is 19.4 Å². The number of ketones is 1. The molecule has 0 unspecified atom stereocenters. The van der Waals surface area contributed by atoms with E-state index in [0.717, 1.165) is 5.56 Å². The van der Waals surface area contributed by atoms with Gasteiger partial charge in [-0.05, 0) is 29.1 Å². The van der Waals surface area contributed by atoms with Gasteiger partial charge in [0.25, 0.3) is 0 Å². The number of nitrogens with one attached hydrogen (secondary N) is 1. The van der Waals surface area contributed by atoms with Crippen LogP contribution in [0.2, 0.25) is 0 Å². The van der Waals surface area contributed by atoms with E-state index in [9.17, 15) is 9.59 Å². The number of thiophene rings is 1. The summed E-state index contributed by atoms with van der Waals surface area (Å²) < 4.78 is 0. The number of rotatable bonds is 6. The van der Waals surface area contributed by atoms with Crippen LogP contribution in [0.1, 0.15) is 28.1 Å². The Balaban J connectivity index is 1.85. The van der Waals surface area contributed by atoms with Gasteiger partial charge in [0.1, 0.15) is 0 Å². The molecule has 20 heavy (non-hydrogen) atoms. The van der Waals surface area contributed by atoms with Crippen molar-refractivity contribution in [3.8, 4) is 0 Å². The second kappa shape index (κ2) is 6.98. The van der Waals surface area contributed by atoms with Crippen LogP contribution in [-0.4, -0.2) is 16.8 Å². The second-order valence-electron chi connectivity index (χ2n) is 4.31. The lowest BCUT2D eigenvalue weighted by Crippen LogP contribution is -2.13. The van der Waals surface area contributed by atoms with Crippen molar-refractivity contribution < 1.29 is 14.7 Å². The number of amides is 1. The lowest BCUT2D eigenvalue weighted by Gasteiger charge is -2.06. The third-order valence-corrected chi connectivity index (χ3v) is 3.68. The molecule has 0 fully saturated rings. The minimum Gasteiger partial charge on any atom is -0.392 e. The van der Waals surface area contributed by atoms with Gasteiger partial charge >= 0.3 is 0 Å². The molecule has 2 N–H and O–H groups in total. The Morgan fingerprint density at radius 1 is 1.15 bits per heavy atom. The standard InChI is InChI=1S/C15H15NO3S/c17-10-11-3-1-4-12(9-11)16-15(19)7-6-13(18)14-5-2-8-20-14/h1-5,8-9,17H,6-7,10H2,(H,16,19). The summed E-state index contributed by atoms with van der Waals surface area (Å²) in [4.78, 5) is 24.2. The van der Waals surface area contributed by atoms with Crippen molar-refractivity contribution in [1.29, 1.82) is 0 Å². The molecule has 0 saturated carbocycles. The van der Waals surface area contributed by atoms with Crippen LogP contribution in [0.25, 0.3) is 0 Å². The summed E-state index contributed by atoms with van der Waals surface area (Å²) >= 11 is 1.38. The molecule has 0 aliphatic heterocycles. The van der Waals surface area contributed by atoms with Crippen molar-refractivity contribution in [3.63, 3.8) is 0 Å². The average Bonchev–Trinajstić information content (AvgIpc) is 2.99. The van der Waals surface area contributed by atoms with E-state index in [1.54, 1.807) is 30.3 Å². The highest BCUT2D eigenvalue weighted by molar-refractivity contribution is 7.12. The highest BCUT2D eigenvalue weighted by Crippen LogP contribution is 2.14. The van der Waals surface area contributed by atoms with E-state index in [2.05, 4.69) is 5.32 Å². The molecule has 4 nitrogen and oxygen atoms in total. The van der Waals surface area contributed by atoms with Gasteiger partial charge < -0.3 is 10.4 Å². The normalized spacial score (nSPS) is 10.2. The maximum absolute atomic E-state index is 11.8. The summed E-state index contributed by atoms with van der Waals surface area (Å²) in [5, 5.41) is 13.6. The molecule has 5 heteroatoms. The van der Waals surface area contributed by atoms with Crippen LogP contribution in [0.15, 0.2) is 41.8 Å². The van der Waals surface area contributed by atoms with Gasteiger partial charge in [0.15, 0.2) is 5.78 Å². The van der Waals surface area contributed by atoms with Crippen LogP contribution in [0, 0.1) is 0 Å². The fourth-order valence-corrected chi connectivity index (χ4v) is 2.45. The molecule has 2 aromatic rings. The number of aliphatic hydroxyl groups is 1. The fourth-order valence-electron chi connectivity index (χ4n) is 1.76. The molecule has 0 spiro atoms. The number of hydrogen-bond donors (Lipinski definition) is 2. The summed E-state index contributed by atoms with van der Waals surface area (Å²) in [6, 6.07) is 10.6. The van der Waals surface area contributed by atoms with Crippen molar-refractivity contribution in [2.24, 2.45) is 0 Å². The number of aliphatic hydroxyl groups excluding tert-OH is 1. The number of carbonyl (C=O) groups excluding carboxylic acids is 2. The molecule has 1 heterocycles. The topological polar surface area (TPSA) is 66.4 Å². The van der Waals surface area contributed by atoms with Crippen LogP contribution in [0.5, 0.6) is 0 Å². The Bertz CT molecular complexity index is 593. The van der Waals surface area contributed by atoms with Crippen LogP contribution in [0.3, 0.4) is 0 Å². The van der Waals surface area contributed by atoms with Crippen molar-refractivity contribution >= 4 is 28.7 Å². The summed E-state index contributed by atoms with van der Waals surface area (Å²) in [5.41, 5.74) is 1.36. The maximum atomic E-state index is 11.8. The molecule has 104 valence electrons. The third-order valence-electron chi connectivity index (χ3n) is 2.77. The molecule has 1 amide bonds. The predicted molar refractivity (Wildman–Crippen MR) is 78.9 cm³/mol. The Hall–Kier alpha value is -1.98. The first-order chi connectivity index (χ1) is 9.69. The van der Waals surface area contributed by atoms with E-state index in [1.807, 2.05) is 11.4 Å². The van der Waals surface area contributed by atoms with E-state index < -0.39 is 0 Å². The van der Waals surface area contributed by atoms with Gasteiger partial charge in [-0.2, -0.15) is 0 Å². The first-order valence-corrected chi connectivity index (χ1v) is 7.13. The van der Waals surface area contributed by atoms with Crippen LogP contribution in [-0.2, 0) is 11.4 Å². The van der Waals surface area contributed by atoms with E-state index in [1.165, 1.54) is 11.3 Å². The molecule has 0 atom stereocenters. The molecule has 0 aliphatic rings. The Kier molecular flexibility index (Phi) is 5.03. The largest absolute Gasteiger partial charge is 0.392 e. The highest BCUT2D eigenvalue weighted by Gasteiger charge is 2.10. The minimum absolute atomic E-state index is 0.0146. The van der Waals surface area contributed by atoms with Gasteiger partial charge in [-0.1, -0.05) is 18.2 Å². The number of benzene rings is 1. The Morgan fingerprint density at radius 3 is 2.70 bits per heavy atom. The van der Waals surface area contributed by atoms with Crippen LogP contribution < -0.4 is 5.32 Å². The van der Waals surface area contributed by atoms with E-state index in [4.69, 9.17) is 5.11 Å². The molecule has 0 bridgehead atoms. The Morgan fingerprint density at radius 2 is 2.00 bits per heavy atom. The van der Waals surface area contributed by atoms with Gasteiger partial charge in [0.05, 0.1) is 11.5 Å². The predicted octanol–water partition coefficient (Wildman–Crippen LogP) is 2.84. The zero-order chi connectivity index (χ0) is 14.4. The lowest BCUT2D eigenvalue weighted by molar-refractivity contribution is -0.116. The van der Waals surface area contributed by atoms with E-state index in [0.29, 0.717) is 10.6 Å². The number of Topliss-reactive ketones (excluding diaryl/α,β-unsaturated/α-hetero) is 1. The highest BCUT2D eigenvalue weighted by atomic mass is 32.1. The van der Waals surface area contributed by atoms with Crippen molar-refractivity contribution in [1.82, 2.24) is 0 Å². The molecule has 0 saturated heterocycles. The quantitative estimate of drug-likeness (QED) is 0.804. The third kappa shape index (κ3) is 4.01. The molecule has 0 aliphatic carbocycles. The molecule has 1 aromatic carbocycles. The number of carbonyl (C=O) groups is 2. The fraction of sp³-hybridized carbons (Fsp3) is 0.200. The van der Waals surface area contributed by atoms with E-state index >= 15 is 0 Å².